The zero-order chi connectivity index (χ0) is 10.2. The summed E-state index contributed by atoms with van der Waals surface area (Å²) in [6, 6.07) is 5.99. The maximum absolute atomic E-state index is 12.5. The molecule has 0 aromatic heterocycles. The summed E-state index contributed by atoms with van der Waals surface area (Å²) in [5.41, 5.74) is 0. The maximum atomic E-state index is 12.5. The second kappa shape index (κ2) is 6.16. The molecule has 0 saturated heterocycles. The topological polar surface area (TPSA) is 21.3 Å². The van der Waals surface area contributed by atoms with Gasteiger partial charge in [0.05, 0.1) is 0 Å². The molecule has 1 rings (SSSR count). The molecule has 0 saturated carbocycles. The van der Waals surface area contributed by atoms with Gasteiger partial charge < -0.3 is 10.1 Å². The SMILES string of the molecule is C=CCNCCOc1ccc(F)cc1. The van der Waals surface area contributed by atoms with Crippen LogP contribution < -0.4 is 10.1 Å². The number of hydrogen-bond donors (Lipinski definition) is 1. The molecule has 0 heterocycles. The number of hydrogen-bond acceptors (Lipinski definition) is 2. The molecular weight excluding hydrogens is 181 g/mol. The van der Waals surface area contributed by atoms with Gasteiger partial charge in [-0.15, -0.1) is 6.58 Å². The third kappa shape index (κ3) is 4.05. The van der Waals surface area contributed by atoms with Crippen molar-refractivity contribution in [2.45, 2.75) is 0 Å². The lowest BCUT2D eigenvalue weighted by atomic mass is 10.3. The van der Waals surface area contributed by atoms with E-state index in [9.17, 15) is 4.39 Å². The lowest BCUT2D eigenvalue weighted by molar-refractivity contribution is 0.316. The predicted octanol–water partition coefficient (Wildman–Crippen LogP) is 1.98. The lowest BCUT2D eigenvalue weighted by Crippen LogP contribution is -2.20. The van der Waals surface area contributed by atoms with Crippen LogP contribution in [0.4, 0.5) is 4.39 Å². The normalized spacial score (nSPS) is 9.79. The molecule has 76 valence electrons. The highest BCUT2D eigenvalue weighted by molar-refractivity contribution is 5.21. The first kappa shape index (κ1) is 10.7. The summed E-state index contributed by atoms with van der Waals surface area (Å²) in [5.74, 6) is 0.439. The zero-order valence-corrected chi connectivity index (χ0v) is 8.00. The Bertz CT molecular complexity index is 271. The maximum Gasteiger partial charge on any atom is 0.123 e. The Morgan fingerprint density at radius 3 is 2.71 bits per heavy atom. The van der Waals surface area contributed by atoms with Crippen molar-refractivity contribution in [3.05, 3.63) is 42.7 Å². The van der Waals surface area contributed by atoms with Gasteiger partial charge >= 0.3 is 0 Å². The molecule has 0 aliphatic heterocycles. The summed E-state index contributed by atoms with van der Waals surface area (Å²) in [6.45, 7) is 5.67. The number of benzene rings is 1. The van der Waals surface area contributed by atoms with Crippen LogP contribution in [0, 0.1) is 5.82 Å². The zero-order valence-electron chi connectivity index (χ0n) is 8.00. The van der Waals surface area contributed by atoms with E-state index in [0.717, 1.165) is 13.1 Å². The van der Waals surface area contributed by atoms with Crippen LogP contribution in [0.15, 0.2) is 36.9 Å². The molecule has 14 heavy (non-hydrogen) atoms. The minimum atomic E-state index is -0.248. The molecule has 1 aromatic rings. The van der Waals surface area contributed by atoms with Gasteiger partial charge in [0.1, 0.15) is 18.2 Å². The molecule has 0 aliphatic carbocycles. The van der Waals surface area contributed by atoms with Crippen LogP contribution in [0.2, 0.25) is 0 Å². The largest absolute Gasteiger partial charge is 0.492 e. The highest BCUT2D eigenvalue weighted by Crippen LogP contribution is 2.10. The number of halogens is 1. The van der Waals surface area contributed by atoms with Gasteiger partial charge in [-0.2, -0.15) is 0 Å². The molecule has 0 bridgehead atoms. The summed E-state index contributed by atoms with van der Waals surface area (Å²) >= 11 is 0. The quantitative estimate of drug-likeness (QED) is 0.553. The number of ether oxygens (including phenoxy) is 1. The van der Waals surface area contributed by atoms with Gasteiger partial charge in [-0.3, -0.25) is 0 Å². The van der Waals surface area contributed by atoms with E-state index in [2.05, 4.69) is 11.9 Å². The first-order valence-electron chi connectivity index (χ1n) is 4.53. The average molecular weight is 195 g/mol. The summed E-state index contributed by atoms with van der Waals surface area (Å²) in [5, 5.41) is 3.10. The standard InChI is InChI=1S/C11H14FNO/c1-2-7-13-8-9-14-11-5-3-10(12)4-6-11/h2-6,13H,1,7-9H2. The Hall–Kier alpha value is -1.35. The van der Waals surface area contributed by atoms with Gasteiger partial charge in [-0.25, -0.2) is 4.39 Å². The molecule has 2 nitrogen and oxygen atoms in total. The summed E-state index contributed by atoms with van der Waals surface area (Å²) < 4.78 is 17.8. The van der Waals surface area contributed by atoms with Crippen molar-refractivity contribution in [1.29, 1.82) is 0 Å². The van der Waals surface area contributed by atoms with Crippen molar-refractivity contribution in [3.8, 4) is 5.75 Å². The van der Waals surface area contributed by atoms with Gasteiger partial charge in [-0.1, -0.05) is 6.08 Å². The third-order valence-corrected chi connectivity index (χ3v) is 1.65. The number of nitrogens with one attached hydrogen (secondary N) is 1. The Balaban J connectivity index is 2.18. The van der Waals surface area contributed by atoms with Gasteiger partial charge in [0, 0.05) is 13.1 Å². The molecule has 0 unspecified atom stereocenters. The summed E-state index contributed by atoms with van der Waals surface area (Å²) in [4.78, 5) is 0. The van der Waals surface area contributed by atoms with Gasteiger partial charge in [0.15, 0.2) is 0 Å². The highest BCUT2D eigenvalue weighted by Gasteiger charge is 1.93. The monoisotopic (exact) mass is 195 g/mol. The van der Waals surface area contributed by atoms with E-state index >= 15 is 0 Å². The van der Waals surface area contributed by atoms with Crippen LogP contribution in [-0.4, -0.2) is 19.7 Å². The fraction of sp³-hybridized carbons (Fsp3) is 0.273. The molecule has 3 heteroatoms. The second-order valence-corrected chi connectivity index (χ2v) is 2.80. The average Bonchev–Trinajstić information content (AvgIpc) is 2.21. The fourth-order valence-corrected chi connectivity index (χ4v) is 0.976. The fourth-order valence-electron chi connectivity index (χ4n) is 0.976. The Morgan fingerprint density at radius 1 is 1.36 bits per heavy atom. The van der Waals surface area contributed by atoms with Crippen molar-refractivity contribution in [2.75, 3.05) is 19.7 Å². The molecule has 1 aromatic carbocycles. The van der Waals surface area contributed by atoms with E-state index < -0.39 is 0 Å². The molecule has 0 atom stereocenters. The van der Waals surface area contributed by atoms with Crippen molar-refractivity contribution < 1.29 is 9.13 Å². The van der Waals surface area contributed by atoms with E-state index in [1.54, 1.807) is 18.2 Å². The van der Waals surface area contributed by atoms with Crippen molar-refractivity contribution >= 4 is 0 Å². The van der Waals surface area contributed by atoms with E-state index in [1.807, 2.05) is 0 Å². The molecule has 0 fully saturated rings. The van der Waals surface area contributed by atoms with Crippen molar-refractivity contribution in [2.24, 2.45) is 0 Å². The van der Waals surface area contributed by atoms with Gasteiger partial charge in [0.2, 0.25) is 0 Å². The van der Waals surface area contributed by atoms with E-state index in [1.165, 1.54) is 12.1 Å². The Labute approximate surface area is 83.4 Å². The molecule has 0 amide bonds. The van der Waals surface area contributed by atoms with Crippen molar-refractivity contribution in [1.82, 2.24) is 5.32 Å². The second-order valence-electron chi connectivity index (χ2n) is 2.80. The van der Waals surface area contributed by atoms with Crippen LogP contribution in [0.25, 0.3) is 0 Å². The van der Waals surface area contributed by atoms with Crippen LogP contribution in [0.5, 0.6) is 5.75 Å². The molecular formula is C11H14FNO. The van der Waals surface area contributed by atoms with Gasteiger partial charge in [0.25, 0.3) is 0 Å². The van der Waals surface area contributed by atoms with Crippen LogP contribution >= 0.6 is 0 Å². The summed E-state index contributed by atoms with van der Waals surface area (Å²) in [7, 11) is 0. The minimum Gasteiger partial charge on any atom is -0.492 e. The predicted molar refractivity (Wildman–Crippen MR) is 55.0 cm³/mol. The summed E-state index contributed by atoms with van der Waals surface area (Å²) in [6.07, 6.45) is 1.79. The molecule has 0 spiro atoms. The molecule has 0 radical (unpaired) electrons. The van der Waals surface area contributed by atoms with Gasteiger partial charge in [-0.05, 0) is 24.3 Å². The number of rotatable bonds is 6. The van der Waals surface area contributed by atoms with E-state index in [4.69, 9.17) is 4.74 Å². The third-order valence-electron chi connectivity index (χ3n) is 1.65. The molecule has 0 aliphatic rings. The van der Waals surface area contributed by atoms with Crippen molar-refractivity contribution in [3.63, 3.8) is 0 Å². The van der Waals surface area contributed by atoms with Crippen LogP contribution in [0.1, 0.15) is 0 Å². The minimum absolute atomic E-state index is 0.248. The van der Waals surface area contributed by atoms with Crippen LogP contribution in [0.3, 0.4) is 0 Å². The highest BCUT2D eigenvalue weighted by atomic mass is 19.1. The van der Waals surface area contributed by atoms with E-state index in [0.29, 0.717) is 12.4 Å². The Morgan fingerprint density at radius 2 is 2.07 bits per heavy atom. The Kier molecular flexibility index (Phi) is 4.72. The molecule has 1 N–H and O–H groups in total. The lowest BCUT2D eigenvalue weighted by Gasteiger charge is -2.05. The van der Waals surface area contributed by atoms with Crippen LogP contribution in [-0.2, 0) is 0 Å². The smallest absolute Gasteiger partial charge is 0.123 e. The van der Waals surface area contributed by atoms with E-state index in [-0.39, 0.29) is 5.82 Å². The first-order valence-corrected chi connectivity index (χ1v) is 4.53. The first-order chi connectivity index (χ1) is 6.83.